The van der Waals surface area contributed by atoms with Crippen molar-refractivity contribution in [1.82, 2.24) is 14.9 Å². The maximum absolute atomic E-state index is 12.1. The second-order valence-corrected chi connectivity index (χ2v) is 19.7. The number of aromatic amines is 1. The van der Waals surface area contributed by atoms with E-state index in [0.29, 0.717) is 24.3 Å². The van der Waals surface area contributed by atoms with E-state index in [4.69, 9.17) is 4.43 Å². The molecule has 53 heavy (non-hydrogen) atoms. The molecule has 10 heteroatoms. The van der Waals surface area contributed by atoms with Crippen LogP contribution in [0.3, 0.4) is 0 Å². The van der Waals surface area contributed by atoms with Crippen LogP contribution in [0.4, 0.5) is 10.5 Å². The molecule has 0 aliphatic rings. The number of nitrogens with zero attached hydrogens (tertiary/aromatic N) is 1. The highest BCUT2D eigenvalue weighted by Gasteiger charge is 2.39. The second-order valence-electron chi connectivity index (χ2n) is 15.0. The zero-order chi connectivity index (χ0) is 37.8. The van der Waals surface area contributed by atoms with Crippen molar-refractivity contribution in [2.75, 3.05) is 11.9 Å². The molecule has 1 atom stereocenters. The van der Waals surface area contributed by atoms with Gasteiger partial charge in [0, 0.05) is 48.4 Å². The van der Waals surface area contributed by atoms with Gasteiger partial charge in [-0.05, 0) is 88.6 Å². The van der Waals surface area contributed by atoms with Crippen LogP contribution in [0.25, 0.3) is 39.0 Å². The van der Waals surface area contributed by atoms with E-state index in [2.05, 4.69) is 90.6 Å². The number of benzene rings is 4. The average Bonchev–Trinajstić information content (AvgIpc) is 3.52. The lowest BCUT2D eigenvalue weighted by Crippen LogP contribution is -2.43. The van der Waals surface area contributed by atoms with Crippen LogP contribution in [0.5, 0.6) is 5.75 Å². The summed E-state index contributed by atoms with van der Waals surface area (Å²) in [6.07, 6.45) is 5.68. The first-order chi connectivity index (χ1) is 25.3. The highest BCUT2D eigenvalue weighted by atomic mass is 28.4. The molecule has 2 aromatic heterocycles. The molecule has 0 saturated heterocycles. The topological polar surface area (TPSA) is 129 Å². The van der Waals surface area contributed by atoms with E-state index < -0.39 is 14.4 Å². The first-order valence-electron chi connectivity index (χ1n) is 18.0. The number of rotatable bonds is 13. The summed E-state index contributed by atoms with van der Waals surface area (Å²) >= 11 is 0. The number of pyridine rings is 1. The minimum Gasteiger partial charge on any atom is -0.506 e. The summed E-state index contributed by atoms with van der Waals surface area (Å²) < 4.78 is 9.21. The van der Waals surface area contributed by atoms with Crippen LogP contribution < -0.4 is 16.2 Å². The molecule has 6 aromatic rings. The first-order valence-corrected chi connectivity index (χ1v) is 20.9. The summed E-state index contributed by atoms with van der Waals surface area (Å²) in [5.41, 5.74) is 6.66. The van der Waals surface area contributed by atoms with Gasteiger partial charge in [-0.2, -0.15) is 0 Å². The van der Waals surface area contributed by atoms with Crippen LogP contribution in [-0.2, 0) is 17.5 Å². The number of allylic oxidation sites excluding steroid dienone is 1. The highest BCUT2D eigenvalue weighted by molar-refractivity contribution is 6.74. The Morgan fingerprint density at radius 1 is 0.981 bits per heavy atom. The Hall–Kier alpha value is -5.42. The molecule has 0 unspecified atom stereocenters. The van der Waals surface area contributed by atoms with Gasteiger partial charge in [-0.15, -0.1) is 0 Å². The van der Waals surface area contributed by atoms with Crippen molar-refractivity contribution in [1.29, 1.82) is 0 Å². The number of phenols is 1. The molecule has 0 aliphatic carbocycles. The molecule has 9 nitrogen and oxygen atoms in total. The fraction of sp³-hybridized carbons (Fsp3) is 0.256. The van der Waals surface area contributed by atoms with Gasteiger partial charge >= 0.3 is 6.09 Å². The molecular formula is C43H48N4O5Si. The maximum Gasteiger partial charge on any atom is 0.409 e. The molecule has 2 heterocycles. The molecule has 0 spiro atoms. The van der Waals surface area contributed by atoms with Crippen molar-refractivity contribution in [2.24, 2.45) is 0 Å². The zero-order valence-electron chi connectivity index (χ0n) is 30.9. The number of phenolic OH excluding ortho intramolecular Hbond substituents is 1. The molecule has 5 N–H and O–H groups in total. The fourth-order valence-electron chi connectivity index (χ4n) is 6.38. The molecule has 0 saturated carbocycles. The third kappa shape index (κ3) is 8.80. The first kappa shape index (κ1) is 37.3. The van der Waals surface area contributed by atoms with Gasteiger partial charge in [0.15, 0.2) is 8.32 Å². The maximum atomic E-state index is 12.1. The number of fused-ring (bicyclic) bond motifs is 2. The predicted molar refractivity (Wildman–Crippen MR) is 218 cm³/mol. The molecule has 4 aromatic carbocycles. The van der Waals surface area contributed by atoms with E-state index >= 15 is 0 Å². The summed E-state index contributed by atoms with van der Waals surface area (Å²) in [6.45, 7) is 13.1. The standard InChI is InChI=1S/C43H48N4O5Si/c1-43(2,3)53(4,5)52-39(34-17-20-38(48)41-35(34)18-21-40(49)46-41)28-44-27-30-15-19-37-32(25-30)22-24-47(37)23-10-9-11-29-14-16-33(31-12-7-6-8-13-31)36(26-29)45-42(50)51/h6-9,11-22,24-26,39,44-45,48H,10,23,27-28H2,1-5H3,(H,46,49)(H,50,51)/b11-9+/t39-/m1/s1. The third-order valence-corrected chi connectivity index (χ3v) is 14.7. The number of nitrogens with one attached hydrogen (secondary N) is 3. The Morgan fingerprint density at radius 3 is 2.53 bits per heavy atom. The van der Waals surface area contributed by atoms with Crippen molar-refractivity contribution in [3.8, 4) is 16.9 Å². The summed E-state index contributed by atoms with van der Waals surface area (Å²) in [5.74, 6) is 0.0368. The molecule has 0 radical (unpaired) electrons. The van der Waals surface area contributed by atoms with Gasteiger partial charge in [0.1, 0.15) is 5.75 Å². The van der Waals surface area contributed by atoms with Gasteiger partial charge in [0.2, 0.25) is 5.56 Å². The number of carbonyl (C=O) groups is 1. The van der Waals surface area contributed by atoms with Gasteiger partial charge in [0.05, 0.1) is 17.3 Å². The molecule has 0 bridgehead atoms. The van der Waals surface area contributed by atoms with Gasteiger partial charge in [0.25, 0.3) is 0 Å². The summed E-state index contributed by atoms with van der Waals surface area (Å²) in [5, 5.41) is 28.0. The molecule has 6 rings (SSSR count). The van der Waals surface area contributed by atoms with Crippen LogP contribution >= 0.6 is 0 Å². The van der Waals surface area contributed by atoms with E-state index in [0.717, 1.165) is 57.1 Å². The van der Waals surface area contributed by atoms with Crippen LogP contribution in [-0.4, -0.2) is 40.7 Å². The number of carboxylic acid groups (broad SMARTS) is 1. The Bertz CT molecular complexity index is 2320. The highest BCUT2D eigenvalue weighted by Crippen LogP contribution is 2.41. The summed E-state index contributed by atoms with van der Waals surface area (Å²) in [4.78, 5) is 26.4. The van der Waals surface area contributed by atoms with Gasteiger partial charge in [-0.1, -0.05) is 87.5 Å². The minimum atomic E-state index is -2.19. The molecule has 0 aliphatic heterocycles. The number of aromatic hydroxyl groups is 1. The van der Waals surface area contributed by atoms with Crippen LogP contribution in [0.15, 0.2) is 114 Å². The Morgan fingerprint density at radius 2 is 1.77 bits per heavy atom. The van der Waals surface area contributed by atoms with Crippen molar-refractivity contribution < 1.29 is 19.4 Å². The normalized spacial score (nSPS) is 12.8. The number of H-pyrrole nitrogens is 1. The van der Waals surface area contributed by atoms with E-state index in [1.54, 1.807) is 12.1 Å². The van der Waals surface area contributed by atoms with Crippen LogP contribution in [0.1, 0.15) is 50.0 Å². The predicted octanol–water partition coefficient (Wildman–Crippen LogP) is 9.90. The van der Waals surface area contributed by atoms with Crippen LogP contribution in [0.2, 0.25) is 18.1 Å². The van der Waals surface area contributed by atoms with Crippen molar-refractivity contribution in [3.63, 3.8) is 0 Å². The minimum absolute atomic E-state index is 0.00261. The van der Waals surface area contributed by atoms with E-state index in [1.165, 1.54) is 6.07 Å². The summed E-state index contributed by atoms with van der Waals surface area (Å²) in [7, 11) is -2.19. The summed E-state index contributed by atoms with van der Waals surface area (Å²) in [6, 6.07) is 31.0. The SMILES string of the molecule is CC(C)(C)[Si](C)(C)O[C@H](CNCc1ccc2c(ccn2CC/C=C/c2ccc(-c3ccccc3)c(NC(=O)O)c2)c1)c1ccc(O)c2[nH]c(=O)ccc12. The van der Waals surface area contributed by atoms with Gasteiger partial charge in [-0.3, -0.25) is 10.1 Å². The van der Waals surface area contributed by atoms with Gasteiger partial charge < -0.3 is 29.5 Å². The quantitative estimate of drug-likeness (QED) is 0.0754. The number of aromatic nitrogens is 2. The van der Waals surface area contributed by atoms with Crippen molar-refractivity contribution in [2.45, 2.75) is 64.5 Å². The number of hydrogen-bond acceptors (Lipinski definition) is 5. The average molecular weight is 729 g/mol. The number of anilines is 1. The number of amides is 1. The lowest BCUT2D eigenvalue weighted by atomic mass is 10.0. The lowest BCUT2D eigenvalue weighted by Gasteiger charge is -2.39. The van der Waals surface area contributed by atoms with Crippen molar-refractivity contribution >= 4 is 48.0 Å². The van der Waals surface area contributed by atoms with Gasteiger partial charge in [-0.25, -0.2) is 4.79 Å². The number of aryl methyl sites for hydroxylation is 1. The van der Waals surface area contributed by atoms with E-state index in [-0.39, 0.29) is 22.5 Å². The molecule has 1 amide bonds. The van der Waals surface area contributed by atoms with Crippen molar-refractivity contribution in [3.05, 3.63) is 136 Å². The zero-order valence-corrected chi connectivity index (χ0v) is 31.9. The Labute approximate surface area is 311 Å². The van der Waals surface area contributed by atoms with E-state index in [1.807, 2.05) is 60.7 Å². The third-order valence-electron chi connectivity index (χ3n) is 10.2. The smallest absolute Gasteiger partial charge is 0.409 e. The molecule has 274 valence electrons. The molecule has 0 fully saturated rings. The number of hydrogen-bond donors (Lipinski definition) is 5. The fourth-order valence-corrected chi connectivity index (χ4v) is 7.65. The second kappa shape index (κ2) is 15.7. The largest absolute Gasteiger partial charge is 0.506 e. The van der Waals surface area contributed by atoms with E-state index in [9.17, 15) is 19.8 Å². The van der Waals surface area contributed by atoms with Crippen LogP contribution in [0, 0.1) is 0 Å². The Balaban J connectivity index is 1.12. The Kier molecular flexibility index (Phi) is 11.0. The monoisotopic (exact) mass is 728 g/mol. The molecular weight excluding hydrogens is 681 g/mol. The lowest BCUT2D eigenvalue weighted by molar-refractivity contribution is 0.181.